The number of halogens is 2. The average molecular weight is 464 g/mol. The minimum atomic E-state index is -1.27. The maximum absolute atomic E-state index is 14.0. The number of nitrogens with one attached hydrogen (secondary N) is 1. The summed E-state index contributed by atoms with van der Waals surface area (Å²) >= 11 is 0. The molecular formula is C21H22F2N4O6. The fourth-order valence-corrected chi connectivity index (χ4v) is 4.21. The van der Waals surface area contributed by atoms with Gasteiger partial charge in [0.25, 0.3) is 11.8 Å². The molecule has 12 heteroatoms. The molecule has 4 rings (SSSR count). The smallest absolute Gasteiger partial charge is 0.277 e. The Balaban J connectivity index is 1.81. The number of benzene rings is 1. The van der Waals surface area contributed by atoms with Crippen molar-refractivity contribution in [2.45, 2.75) is 18.8 Å². The van der Waals surface area contributed by atoms with Gasteiger partial charge in [0.2, 0.25) is 5.43 Å². The van der Waals surface area contributed by atoms with Crippen molar-refractivity contribution in [2.24, 2.45) is 0 Å². The van der Waals surface area contributed by atoms with Gasteiger partial charge in [-0.1, -0.05) is 6.07 Å². The summed E-state index contributed by atoms with van der Waals surface area (Å²) in [5, 5.41) is 14.8. The number of aromatic nitrogens is 1. The van der Waals surface area contributed by atoms with Gasteiger partial charge in [-0.2, -0.15) is 0 Å². The van der Waals surface area contributed by atoms with Gasteiger partial charge >= 0.3 is 0 Å². The highest BCUT2D eigenvalue weighted by Gasteiger charge is 2.47. The van der Waals surface area contributed by atoms with E-state index in [1.54, 1.807) is 5.01 Å². The molecule has 2 aromatic rings. The zero-order valence-corrected chi connectivity index (χ0v) is 18.1. The normalized spacial score (nSPS) is 19.0. The molecule has 0 radical (unpaired) electrons. The van der Waals surface area contributed by atoms with Gasteiger partial charge in [-0.15, -0.1) is 0 Å². The standard InChI is InChI=1S/C21H22F2N4O6/c1-25-14(9-32-2)26-8-13(28)16-15(18(29)19(33-3)17(21(25)31)27(16)26)20(30)24-7-10-4-5-11(22)6-12(10)23/h4-6,13-14,28H,7-9H2,1-3H3,(H,24,30). The van der Waals surface area contributed by atoms with Gasteiger partial charge in [-0.05, 0) is 6.07 Å². The summed E-state index contributed by atoms with van der Waals surface area (Å²) < 4.78 is 38.8. The van der Waals surface area contributed by atoms with Crippen LogP contribution in [-0.2, 0) is 11.3 Å². The number of hydrogen-bond acceptors (Lipinski definition) is 7. The largest absolute Gasteiger partial charge is 0.491 e. The van der Waals surface area contributed by atoms with Crippen LogP contribution in [0.5, 0.6) is 5.75 Å². The van der Waals surface area contributed by atoms with Crippen LogP contribution in [0, 0.1) is 11.6 Å². The molecule has 2 N–H and O–H groups in total. The van der Waals surface area contributed by atoms with Crippen molar-refractivity contribution in [3.05, 3.63) is 62.6 Å². The number of rotatable bonds is 6. The van der Waals surface area contributed by atoms with Crippen LogP contribution in [0.2, 0.25) is 0 Å². The number of aliphatic hydroxyl groups excluding tert-OH is 1. The van der Waals surface area contributed by atoms with Crippen LogP contribution in [0.3, 0.4) is 0 Å². The lowest BCUT2D eigenvalue weighted by molar-refractivity contribution is 0.0464. The Labute approximate surface area is 186 Å². The third kappa shape index (κ3) is 3.51. The number of hydrogen-bond donors (Lipinski definition) is 2. The Kier molecular flexibility index (Phi) is 5.80. The first-order valence-corrected chi connectivity index (χ1v) is 10.0. The van der Waals surface area contributed by atoms with Crippen LogP contribution in [-0.4, -0.2) is 67.1 Å². The number of likely N-dealkylation sites (N-methyl/N-ethyl adjacent to an activating group) is 1. The van der Waals surface area contributed by atoms with Gasteiger partial charge in [-0.25, -0.2) is 13.5 Å². The highest BCUT2D eigenvalue weighted by atomic mass is 19.1. The molecule has 3 heterocycles. The van der Waals surface area contributed by atoms with E-state index in [2.05, 4.69) is 5.32 Å². The Morgan fingerprint density at radius 2 is 2.00 bits per heavy atom. The van der Waals surface area contributed by atoms with Crippen molar-refractivity contribution in [3.8, 4) is 5.75 Å². The Morgan fingerprint density at radius 3 is 2.64 bits per heavy atom. The lowest BCUT2D eigenvalue weighted by Crippen LogP contribution is -2.60. The van der Waals surface area contributed by atoms with Crippen LogP contribution in [0.1, 0.15) is 38.2 Å². The molecule has 2 unspecified atom stereocenters. The molecule has 33 heavy (non-hydrogen) atoms. The molecule has 0 bridgehead atoms. The van der Waals surface area contributed by atoms with E-state index in [-0.39, 0.29) is 42.4 Å². The number of aliphatic hydroxyl groups is 1. The Morgan fingerprint density at radius 1 is 1.27 bits per heavy atom. The number of ether oxygens (including phenoxy) is 2. The van der Waals surface area contributed by atoms with E-state index in [1.807, 2.05) is 0 Å². The monoisotopic (exact) mass is 464 g/mol. The van der Waals surface area contributed by atoms with Crippen LogP contribution in [0.25, 0.3) is 0 Å². The first kappa shape index (κ1) is 22.7. The molecule has 2 amide bonds. The van der Waals surface area contributed by atoms with E-state index in [4.69, 9.17) is 9.47 Å². The van der Waals surface area contributed by atoms with Gasteiger partial charge in [0.15, 0.2) is 11.4 Å². The summed E-state index contributed by atoms with van der Waals surface area (Å²) in [5.74, 6) is -3.43. The summed E-state index contributed by atoms with van der Waals surface area (Å²) in [6.07, 6.45) is -1.88. The van der Waals surface area contributed by atoms with Crippen molar-refractivity contribution < 1.29 is 33.0 Å². The lowest BCUT2D eigenvalue weighted by Gasteiger charge is -2.42. The van der Waals surface area contributed by atoms with Crippen molar-refractivity contribution in [1.29, 1.82) is 0 Å². The number of nitrogens with zero attached hydrogens (tertiary/aromatic N) is 3. The predicted octanol–water partition coefficient (Wildman–Crippen LogP) is 0.108. The van der Waals surface area contributed by atoms with Crippen molar-refractivity contribution in [1.82, 2.24) is 14.9 Å². The molecule has 0 fully saturated rings. The molecule has 1 aromatic carbocycles. The van der Waals surface area contributed by atoms with E-state index >= 15 is 0 Å². The molecule has 10 nitrogen and oxygen atoms in total. The minimum Gasteiger partial charge on any atom is -0.491 e. The summed E-state index contributed by atoms with van der Waals surface area (Å²) in [5.41, 5.74) is -1.50. The van der Waals surface area contributed by atoms with E-state index < -0.39 is 46.7 Å². The van der Waals surface area contributed by atoms with Crippen LogP contribution < -0.4 is 20.5 Å². The first-order valence-electron chi connectivity index (χ1n) is 10.0. The number of carbonyl (C=O) groups is 2. The average Bonchev–Trinajstić information content (AvgIpc) is 3.10. The molecule has 176 valence electrons. The summed E-state index contributed by atoms with van der Waals surface area (Å²) in [7, 11) is 4.18. The lowest BCUT2D eigenvalue weighted by atomic mass is 10.1. The fourth-order valence-electron chi connectivity index (χ4n) is 4.21. The number of carbonyl (C=O) groups excluding carboxylic acids is 2. The second-order valence-corrected chi connectivity index (χ2v) is 7.69. The molecule has 2 atom stereocenters. The molecule has 0 aliphatic carbocycles. The Bertz CT molecular complexity index is 1200. The van der Waals surface area contributed by atoms with Crippen LogP contribution in [0.4, 0.5) is 8.78 Å². The first-order chi connectivity index (χ1) is 15.7. The molecular weight excluding hydrogens is 442 g/mol. The second kappa shape index (κ2) is 8.45. The Hall–Kier alpha value is -3.51. The van der Waals surface area contributed by atoms with E-state index in [0.717, 1.165) is 6.07 Å². The third-order valence-corrected chi connectivity index (χ3v) is 5.79. The zero-order valence-electron chi connectivity index (χ0n) is 18.1. The SMILES string of the molecule is COCC1N(C)C(=O)c2c(OC)c(=O)c(C(=O)NCc3ccc(F)cc3F)c3n2N1CC3O. The molecule has 2 aliphatic rings. The van der Waals surface area contributed by atoms with Gasteiger partial charge in [0, 0.05) is 32.3 Å². The van der Waals surface area contributed by atoms with Gasteiger partial charge in [-0.3, -0.25) is 19.4 Å². The van der Waals surface area contributed by atoms with Gasteiger partial charge in [0.1, 0.15) is 29.5 Å². The molecule has 2 aliphatic heterocycles. The number of pyridine rings is 1. The number of amides is 2. The third-order valence-electron chi connectivity index (χ3n) is 5.79. The van der Waals surface area contributed by atoms with E-state index in [9.17, 15) is 28.3 Å². The number of methoxy groups -OCH3 is 2. The highest BCUT2D eigenvalue weighted by molar-refractivity contribution is 6.01. The zero-order chi connectivity index (χ0) is 24.0. The van der Waals surface area contributed by atoms with Gasteiger partial charge in [0.05, 0.1) is 26.0 Å². The minimum absolute atomic E-state index is 0.00494. The molecule has 1 aromatic heterocycles. The van der Waals surface area contributed by atoms with Crippen molar-refractivity contribution in [2.75, 3.05) is 39.4 Å². The summed E-state index contributed by atoms with van der Waals surface area (Å²) in [6, 6.07) is 2.89. The van der Waals surface area contributed by atoms with Crippen molar-refractivity contribution >= 4 is 11.8 Å². The topological polar surface area (TPSA) is 113 Å². The molecule has 0 saturated heterocycles. The van der Waals surface area contributed by atoms with E-state index in [1.165, 1.54) is 36.9 Å². The summed E-state index contributed by atoms with van der Waals surface area (Å²) in [4.78, 5) is 40.7. The maximum Gasteiger partial charge on any atom is 0.277 e. The quantitative estimate of drug-likeness (QED) is 0.624. The molecule has 0 spiro atoms. The van der Waals surface area contributed by atoms with E-state index in [0.29, 0.717) is 6.07 Å². The molecule has 0 saturated carbocycles. The fraction of sp³-hybridized carbons (Fsp3) is 0.381. The highest BCUT2D eigenvalue weighted by Crippen LogP contribution is 2.35. The second-order valence-electron chi connectivity index (χ2n) is 7.69. The maximum atomic E-state index is 14.0. The van der Waals surface area contributed by atoms with Crippen LogP contribution in [0.15, 0.2) is 23.0 Å². The predicted molar refractivity (Wildman–Crippen MR) is 111 cm³/mol. The van der Waals surface area contributed by atoms with Crippen LogP contribution >= 0.6 is 0 Å². The summed E-state index contributed by atoms with van der Waals surface area (Å²) in [6.45, 7) is -0.243. The van der Waals surface area contributed by atoms with Gasteiger partial charge < -0.3 is 24.8 Å². The van der Waals surface area contributed by atoms with Crippen molar-refractivity contribution in [3.63, 3.8) is 0 Å².